The summed E-state index contributed by atoms with van der Waals surface area (Å²) in [6.07, 6.45) is 4.78. The largest absolute Gasteiger partial charge is 0.494 e. The van der Waals surface area contributed by atoms with Gasteiger partial charge in [0.2, 0.25) is 5.91 Å². The Kier molecular flexibility index (Phi) is 6.41. The monoisotopic (exact) mass is 331 g/mol. The van der Waals surface area contributed by atoms with Crippen molar-refractivity contribution in [1.29, 1.82) is 0 Å². The summed E-state index contributed by atoms with van der Waals surface area (Å²) in [6, 6.07) is 7.21. The van der Waals surface area contributed by atoms with Gasteiger partial charge in [-0.05, 0) is 57.9 Å². The molecule has 5 nitrogen and oxygen atoms in total. The van der Waals surface area contributed by atoms with Gasteiger partial charge in [-0.1, -0.05) is 12.2 Å². The number of carbonyl (C=O) groups excluding carboxylic acids is 2. The first-order valence-corrected chi connectivity index (χ1v) is 8.40. The first-order valence-electron chi connectivity index (χ1n) is 8.40. The van der Waals surface area contributed by atoms with Crippen LogP contribution in [0.15, 0.2) is 36.4 Å². The van der Waals surface area contributed by atoms with E-state index in [-0.39, 0.29) is 18.0 Å². The smallest absolute Gasteiger partial charge is 0.310 e. The maximum Gasteiger partial charge on any atom is 0.310 e. The Bertz CT molecular complexity index is 592. The molecule has 2 atom stereocenters. The minimum Gasteiger partial charge on any atom is -0.494 e. The number of carbonyl (C=O) groups is 2. The molecule has 1 aromatic rings. The molecule has 1 aliphatic rings. The van der Waals surface area contributed by atoms with Crippen LogP contribution < -0.4 is 10.1 Å². The standard InChI is InChI=1S/C19H25NO4/c1-4-23-15-11-9-14(10-12-15)20-18(21)16-7-5-6-8-17(16)19(22)24-13(2)3/h5-6,9-13,16-17H,4,7-8H2,1-3H3,(H,20,21)/t16-,17-/m1/s1. The van der Waals surface area contributed by atoms with Crippen LogP contribution >= 0.6 is 0 Å². The Hall–Kier alpha value is -2.30. The van der Waals surface area contributed by atoms with Crippen LogP contribution in [-0.2, 0) is 14.3 Å². The Balaban J connectivity index is 2.03. The van der Waals surface area contributed by atoms with Gasteiger partial charge in [0.05, 0.1) is 24.5 Å². The molecule has 130 valence electrons. The molecular weight excluding hydrogens is 306 g/mol. The number of esters is 1. The zero-order valence-corrected chi connectivity index (χ0v) is 14.5. The first kappa shape index (κ1) is 18.0. The maximum atomic E-state index is 12.6. The van der Waals surface area contributed by atoms with Gasteiger partial charge in [-0.25, -0.2) is 0 Å². The fraction of sp³-hybridized carbons (Fsp3) is 0.474. The van der Waals surface area contributed by atoms with Crippen LogP contribution in [0.25, 0.3) is 0 Å². The van der Waals surface area contributed by atoms with Crippen molar-refractivity contribution in [3.63, 3.8) is 0 Å². The van der Waals surface area contributed by atoms with E-state index in [1.54, 1.807) is 12.1 Å². The van der Waals surface area contributed by atoms with E-state index in [1.165, 1.54) is 0 Å². The highest BCUT2D eigenvalue weighted by atomic mass is 16.5. The molecule has 0 heterocycles. The molecule has 0 bridgehead atoms. The van der Waals surface area contributed by atoms with Crippen molar-refractivity contribution in [3.8, 4) is 5.75 Å². The van der Waals surface area contributed by atoms with E-state index in [0.717, 1.165) is 5.75 Å². The summed E-state index contributed by atoms with van der Waals surface area (Å²) in [7, 11) is 0. The predicted molar refractivity (Wildman–Crippen MR) is 92.8 cm³/mol. The average molecular weight is 331 g/mol. The lowest BCUT2D eigenvalue weighted by atomic mass is 9.82. The van der Waals surface area contributed by atoms with Crippen LogP contribution in [-0.4, -0.2) is 24.6 Å². The summed E-state index contributed by atoms with van der Waals surface area (Å²) >= 11 is 0. The summed E-state index contributed by atoms with van der Waals surface area (Å²) in [5, 5.41) is 2.88. The number of ether oxygens (including phenoxy) is 2. The Morgan fingerprint density at radius 2 is 1.75 bits per heavy atom. The van der Waals surface area contributed by atoms with Crippen molar-refractivity contribution in [2.75, 3.05) is 11.9 Å². The van der Waals surface area contributed by atoms with Crippen LogP contribution in [0.1, 0.15) is 33.6 Å². The summed E-state index contributed by atoms with van der Waals surface area (Å²) in [5.41, 5.74) is 0.689. The normalized spacial score (nSPS) is 19.8. The highest BCUT2D eigenvalue weighted by molar-refractivity contribution is 5.95. The van der Waals surface area contributed by atoms with Gasteiger partial charge in [0.15, 0.2) is 0 Å². The van der Waals surface area contributed by atoms with E-state index < -0.39 is 11.8 Å². The molecule has 1 aliphatic carbocycles. The molecule has 0 spiro atoms. The molecule has 1 aromatic carbocycles. The second-order valence-corrected chi connectivity index (χ2v) is 6.09. The van der Waals surface area contributed by atoms with Gasteiger partial charge in [0.1, 0.15) is 5.75 Å². The summed E-state index contributed by atoms with van der Waals surface area (Å²) in [5.74, 6) is -0.544. The number of hydrogen-bond acceptors (Lipinski definition) is 4. The van der Waals surface area contributed by atoms with Gasteiger partial charge in [-0.2, -0.15) is 0 Å². The maximum absolute atomic E-state index is 12.6. The minimum atomic E-state index is -0.430. The topological polar surface area (TPSA) is 64.6 Å². The highest BCUT2D eigenvalue weighted by Crippen LogP contribution is 2.29. The fourth-order valence-electron chi connectivity index (χ4n) is 2.72. The van der Waals surface area contributed by atoms with Crippen LogP contribution in [0.4, 0.5) is 5.69 Å². The number of hydrogen-bond donors (Lipinski definition) is 1. The Morgan fingerprint density at radius 3 is 2.33 bits per heavy atom. The van der Waals surface area contributed by atoms with Gasteiger partial charge < -0.3 is 14.8 Å². The Labute approximate surface area is 143 Å². The van der Waals surface area contributed by atoms with E-state index in [4.69, 9.17) is 9.47 Å². The average Bonchev–Trinajstić information content (AvgIpc) is 2.56. The third-order valence-corrected chi connectivity index (χ3v) is 3.86. The van der Waals surface area contributed by atoms with Gasteiger partial charge >= 0.3 is 5.97 Å². The number of amides is 1. The fourth-order valence-corrected chi connectivity index (χ4v) is 2.72. The second kappa shape index (κ2) is 8.52. The summed E-state index contributed by atoms with van der Waals surface area (Å²) < 4.78 is 10.7. The van der Waals surface area contributed by atoms with Crippen molar-refractivity contribution in [1.82, 2.24) is 0 Å². The zero-order chi connectivity index (χ0) is 17.5. The molecule has 24 heavy (non-hydrogen) atoms. The van der Waals surface area contributed by atoms with E-state index >= 15 is 0 Å². The summed E-state index contributed by atoms with van der Waals surface area (Å²) in [4.78, 5) is 24.8. The molecule has 0 aromatic heterocycles. The third-order valence-electron chi connectivity index (χ3n) is 3.86. The molecule has 0 unspecified atom stereocenters. The summed E-state index contributed by atoms with van der Waals surface area (Å²) in [6.45, 7) is 6.14. The number of nitrogens with one attached hydrogen (secondary N) is 1. The van der Waals surface area contributed by atoms with Gasteiger partial charge in [-0.15, -0.1) is 0 Å². The minimum absolute atomic E-state index is 0.158. The van der Waals surface area contributed by atoms with E-state index in [9.17, 15) is 9.59 Å². The van der Waals surface area contributed by atoms with Crippen molar-refractivity contribution in [3.05, 3.63) is 36.4 Å². The van der Waals surface area contributed by atoms with Gasteiger partial charge in [0.25, 0.3) is 0 Å². The van der Waals surface area contributed by atoms with Crippen LogP contribution in [0.3, 0.4) is 0 Å². The van der Waals surface area contributed by atoms with Crippen molar-refractivity contribution in [2.24, 2.45) is 11.8 Å². The second-order valence-electron chi connectivity index (χ2n) is 6.09. The lowest BCUT2D eigenvalue weighted by Gasteiger charge is -2.26. The van der Waals surface area contributed by atoms with E-state index in [1.807, 2.05) is 45.1 Å². The van der Waals surface area contributed by atoms with Gasteiger partial charge in [0, 0.05) is 5.69 Å². The number of anilines is 1. The molecular formula is C19H25NO4. The molecule has 0 saturated heterocycles. The molecule has 0 radical (unpaired) electrons. The van der Waals surface area contributed by atoms with Gasteiger partial charge in [-0.3, -0.25) is 9.59 Å². The quantitative estimate of drug-likeness (QED) is 0.639. The van der Waals surface area contributed by atoms with E-state index in [2.05, 4.69) is 5.32 Å². The van der Waals surface area contributed by atoms with Crippen molar-refractivity contribution < 1.29 is 19.1 Å². The molecule has 2 rings (SSSR count). The number of rotatable bonds is 6. The molecule has 0 aliphatic heterocycles. The molecule has 1 amide bonds. The van der Waals surface area contributed by atoms with E-state index in [0.29, 0.717) is 25.1 Å². The highest BCUT2D eigenvalue weighted by Gasteiger charge is 2.35. The number of allylic oxidation sites excluding steroid dienone is 2. The van der Waals surface area contributed by atoms with Crippen molar-refractivity contribution in [2.45, 2.75) is 39.7 Å². The first-order chi connectivity index (χ1) is 11.5. The number of benzene rings is 1. The SMILES string of the molecule is CCOc1ccc(NC(=O)[C@@H]2CC=CC[C@H]2C(=O)OC(C)C)cc1. The molecule has 0 saturated carbocycles. The zero-order valence-electron chi connectivity index (χ0n) is 14.5. The van der Waals surface area contributed by atoms with Crippen LogP contribution in [0, 0.1) is 11.8 Å². The Morgan fingerprint density at radius 1 is 1.12 bits per heavy atom. The lowest BCUT2D eigenvalue weighted by Crippen LogP contribution is -2.36. The molecule has 5 heteroatoms. The third kappa shape index (κ3) is 4.85. The van der Waals surface area contributed by atoms with Crippen LogP contribution in [0.5, 0.6) is 5.75 Å². The van der Waals surface area contributed by atoms with Crippen molar-refractivity contribution >= 4 is 17.6 Å². The molecule has 1 N–H and O–H groups in total. The lowest BCUT2D eigenvalue weighted by molar-refractivity contribution is -0.156. The predicted octanol–water partition coefficient (Wildman–Crippen LogP) is 3.56. The molecule has 0 fully saturated rings. The van der Waals surface area contributed by atoms with Crippen LogP contribution in [0.2, 0.25) is 0 Å².